The van der Waals surface area contributed by atoms with Crippen molar-refractivity contribution in [2.45, 2.75) is 32.6 Å². The third-order valence-corrected chi connectivity index (χ3v) is 2.99. The van der Waals surface area contributed by atoms with E-state index >= 15 is 0 Å². The Labute approximate surface area is 108 Å². The summed E-state index contributed by atoms with van der Waals surface area (Å²) in [5.41, 5.74) is -0.681. The molecule has 19 heavy (non-hydrogen) atoms. The summed E-state index contributed by atoms with van der Waals surface area (Å²) < 4.78 is 2.29. The van der Waals surface area contributed by atoms with Gasteiger partial charge in [-0.1, -0.05) is 25.5 Å². The van der Waals surface area contributed by atoms with Gasteiger partial charge >= 0.3 is 11.7 Å². The zero-order valence-corrected chi connectivity index (χ0v) is 11.0. The highest BCUT2D eigenvalue weighted by atomic mass is 16.4. The monoisotopic (exact) mass is 265 g/mol. The van der Waals surface area contributed by atoms with Crippen molar-refractivity contribution in [3.63, 3.8) is 0 Å². The summed E-state index contributed by atoms with van der Waals surface area (Å²) in [6, 6.07) is 0. The maximum atomic E-state index is 12.1. The normalized spacial score (nSPS) is 12.8. The lowest BCUT2D eigenvalue weighted by Gasteiger charge is -2.07. The highest BCUT2D eigenvalue weighted by Crippen LogP contribution is 2.20. The summed E-state index contributed by atoms with van der Waals surface area (Å²) in [5.74, 6) is -0.817. The van der Waals surface area contributed by atoms with Gasteiger partial charge in [0.05, 0.1) is 0 Å². The van der Waals surface area contributed by atoms with Gasteiger partial charge in [-0.05, 0) is 6.42 Å². The number of carboxylic acids is 1. The minimum atomic E-state index is -1.21. The number of nitrogens with zero attached hydrogens (tertiary/aromatic N) is 5. The minimum absolute atomic E-state index is 0.00597. The number of imidazole rings is 1. The van der Waals surface area contributed by atoms with Gasteiger partial charge in [0, 0.05) is 13.0 Å². The molecule has 1 atom stereocenters. The highest BCUT2D eigenvalue weighted by Gasteiger charge is 2.23. The molecule has 0 spiro atoms. The van der Waals surface area contributed by atoms with E-state index in [4.69, 9.17) is 5.11 Å². The molecule has 0 fully saturated rings. The molecular formula is C11H15N5O3. The van der Waals surface area contributed by atoms with Gasteiger partial charge in [-0.3, -0.25) is 0 Å². The molecule has 0 aliphatic heterocycles. The number of aromatic carboxylic acids is 1. The second-order valence-corrected chi connectivity index (χ2v) is 4.47. The van der Waals surface area contributed by atoms with Gasteiger partial charge in [0.15, 0.2) is 11.3 Å². The summed E-state index contributed by atoms with van der Waals surface area (Å²) in [6.07, 6.45) is 1.72. The molecule has 0 amide bonds. The number of hydrogen-bond acceptors (Lipinski definition) is 5. The summed E-state index contributed by atoms with van der Waals surface area (Å²) in [5, 5.41) is 16.5. The van der Waals surface area contributed by atoms with Crippen LogP contribution >= 0.6 is 0 Å². The molecule has 0 aliphatic rings. The molecule has 2 heterocycles. The second kappa shape index (κ2) is 4.79. The van der Waals surface area contributed by atoms with E-state index in [0.29, 0.717) is 5.82 Å². The van der Waals surface area contributed by atoms with E-state index in [0.717, 1.165) is 17.5 Å². The minimum Gasteiger partial charge on any atom is -0.476 e. The van der Waals surface area contributed by atoms with Gasteiger partial charge in [0.1, 0.15) is 5.82 Å². The molecule has 0 saturated carbocycles. The number of carboxylic acid groups (broad SMARTS) is 1. The summed E-state index contributed by atoms with van der Waals surface area (Å²) in [6.45, 7) is 3.92. The highest BCUT2D eigenvalue weighted by molar-refractivity contribution is 5.92. The van der Waals surface area contributed by atoms with Crippen LogP contribution in [0.5, 0.6) is 0 Å². The molecule has 2 aromatic heterocycles. The maximum Gasteiger partial charge on any atom is 0.358 e. The first-order valence-electron chi connectivity index (χ1n) is 6.03. The Bertz CT molecular complexity index is 687. The summed E-state index contributed by atoms with van der Waals surface area (Å²) in [7, 11) is 1.46. The van der Waals surface area contributed by atoms with Crippen LogP contribution in [-0.2, 0) is 7.05 Å². The Kier molecular flexibility index (Phi) is 3.32. The van der Waals surface area contributed by atoms with Crippen molar-refractivity contribution >= 4 is 11.6 Å². The van der Waals surface area contributed by atoms with Crippen molar-refractivity contribution in [1.29, 1.82) is 0 Å². The number of carbonyl (C=O) groups is 1. The summed E-state index contributed by atoms with van der Waals surface area (Å²) >= 11 is 0. The molecule has 8 heteroatoms. The number of aromatic nitrogens is 5. The first-order valence-corrected chi connectivity index (χ1v) is 6.03. The molecule has 1 unspecified atom stereocenters. The van der Waals surface area contributed by atoms with E-state index in [1.165, 1.54) is 11.4 Å². The molecule has 102 valence electrons. The lowest BCUT2D eigenvalue weighted by Crippen LogP contribution is -2.29. The van der Waals surface area contributed by atoms with Crippen LogP contribution in [0, 0.1) is 0 Å². The molecule has 2 aromatic rings. The molecular weight excluding hydrogens is 250 g/mol. The first kappa shape index (κ1) is 13.2. The average Bonchev–Trinajstić information content (AvgIpc) is 2.74. The van der Waals surface area contributed by atoms with Crippen LogP contribution in [0.3, 0.4) is 0 Å². The Balaban J connectivity index is 2.80. The molecule has 8 nitrogen and oxygen atoms in total. The van der Waals surface area contributed by atoms with Crippen molar-refractivity contribution in [3.8, 4) is 0 Å². The Hall–Kier alpha value is -2.25. The molecule has 0 radical (unpaired) electrons. The molecule has 2 rings (SSSR count). The van der Waals surface area contributed by atoms with E-state index in [-0.39, 0.29) is 17.3 Å². The van der Waals surface area contributed by atoms with Gasteiger partial charge in [0.25, 0.3) is 0 Å². The lowest BCUT2D eigenvalue weighted by molar-refractivity contribution is 0.0692. The van der Waals surface area contributed by atoms with Crippen LogP contribution in [0.2, 0.25) is 0 Å². The zero-order chi connectivity index (χ0) is 14.2. The van der Waals surface area contributed by atoms with Crippen LogP contribution in [0.25, 0.3) is 5.65 Å². The summed E-state index contributed by atoms with van der Waals surface area (Å²) in [4.78, 5) is 27.3. The van der Waals surface area contributed by atoms with Crippen molar-refractivity contribution in [2.24, 2.45) is 7.05 Å². The van der Waals surface area contributed by atoms with E-state index in [1.54, 1.807) is 0 Å². The fourth-order valence-corrected chi connectivity index (χ4v) is 2.04. The first-order chi connectivity index (χ1) is 8.97. The Morgan fingerprint density at radius 3 is 2.74 bits per heavy atom. The third kappa shape index (κ3) is 2.09. The van der Waals surface area contributed by atoms with Gasteiger partial charge in [-0.15, -0.1) is 5.10 Å². The standard InChI is InChI=1S/C11H15N5O3/c1-4-5-6(2)8-12-7(10(17)18)9-13-14-15(3)11(19)16(8)9/h6H,4-5H2,1-3H3,(H,17,18). The fourth-order valence-electron chi connectivity index (χ4n) is 2.04. The molecule has 0 aromatic carbocycles. The molecule has 0 bridgehead atoms. The van der Waals surface area contributed by atoms with E-state index < -0.39 is 11.7 Å². The smallest absolute Gasteiger partial charge is 0.358 e. The largest absolute Gasteiger partial charge is 0.476 e. The van der Waals surface area contributed by atoms with Crippen molar-refractivity contribution in [3.05, 3.63) is 22.0 Å². The van der Waals surface area contributed by atoms with Gasteiger partial charge in [-0.2, -0.15) is 4.68 Å². The van der Waals surface area contributed by atoms with E-state index in [1.807, 2.05) is 13.8 Å². The van der Waals surface area contributed by atoms with Crippen LogP contribution in [0.1, 0.15) is 48.9 Å². The SMILES string of the molecule is CCCC(C)c1nc(C(=O)O)c2nnn(C)c(=O)n12. The van der Waals surface area contributed by atoms with Crippen LogP contribution in [0.15, 0.2) is 4.79 Å². The van der Waals surface area contributed by atoms with Crippen molar-refractivity contribution in [2.75, 3.05) is 0 Å². The Morgan fingerprint density at radius 1 is 1.47 bits per heavy atom. The molecule has 0 aliphatic carbocycles. The van der Waals surface area contributed by atoms with Crippen LogP contribution < -0.4 is 5.69 Å². The van der Waals surface area contributed by atoms with Crippen molar-refractivity contribution < 1.29 is 9.90 Å². The van der Waals surface area contributed by atoms with Crippen LogP contribution in [-0.4, -0.2) is 35.5 Å². The quantitative estimate of drug-likeness (QED) is 0.859. The number of hydrogen-bond donors (Lipinski definition) is 1. The van der Waals surface area contributed by atoms with Crippen molar-refractivity contribution in [1.82, 2.24) is 24.4 Å². The predicted octanol–water partition coefficient (Wildman–Crippen LogP) is 0.425. The predicted molar refractivity (Wildman–Crippen MR) is 66.3 cm³/mol. The van der Waals surface area contributed by atoms with E-state index in [9.17, 15) is 9.59 Å². The van der Waals surface area contributed by atoms with E-state index in [2.05, 4.69) is 15.3 Å². The van der Waals surface area contributed by atoms with Crippen LogP contribution in [0.4, 0.5) is 0 Å². The second-order valence-electron chi connectivity index (χ2n) is 4.47. The van der Waals surface area contributed by atoms with Gasteiger partial charge in [-0.25, -0.2) is 19.0 Å². The topological polar surface area (TPSA) is 102 Å². The maximum absolute atomic E-state index is 12.1. The lowest BCUT2D eigenvalue weighted by atomic mass is 10.1. The average molecular weight is 265 g/mol. The third-order valence-electron chi connectivity index (χ3n) is 2.99. The molecule has 0 saturated heterocycles. The number of fused-ring (bicyclic) bond motifs is 1. The number of aryl methyl sites for hydroxylation is 1. The molecule has 1 N–H and O–H groups in total. The number of rotatable bonds is 4. The Morgan fingerprint density at radius 2 is 2.16 bits per heavy atom. The fraction of sp³-hybridized carbons (Fsp3) is 0.545. The van der Waals surface area contributed by atoms with Gasteiger partial charge < -0.3 is 5.11 Å². The van der Waals surface area contributed by atoms with Gasteiger partial charge in [0.2, 0.25) is 0 Å². The zero-order valence-electron chi connectivity index (χ0n) is 11.0.